The molecule has 3 aromatic rings. The van der Waals surface area contributed by atoms with Crippen LogP contribution in [-0.4, -0.2) is 69.9 Å². The number of alkyl halides is 2. The van der Waals surface area contributed by atoms with Gasteiger partial charge in [0.1, 0.15) is 4.90 Å². The highest BCUT2D eigenvalue weighted by Gasteiger charge is 2.42. The van der Waals surface area contributed by atoms with Crippen LogP contribution in [0.2, 0.25) is 0 Å². The van der Waals surface area contributed by atoms with Crippen molar-refractivity contribution in [2.24, 2.45) is 0 Å². The zero-order valence-corrected chi connectivity index (χ0v) is 21.1. The third kappa shape index (κ3) is 4.77. The van der Waals surface area contributed by atoms with Gasteiger partial charge in [0.2, 0.25) is 10.0 Å². The number of hydrogen-bond donors (Lipinski definition) is 3. The molecule has 5 rings (SSSR count). The van der Waals surface area contributed by atoms with Crippen molar-refractivity contribution in [1.29, 1.82) is 0 Å². The molecule has 2 aliphatic rings. The number of nitrogens with one attached hydrogen (secondary N) is 2. The number of aliphatic hydroxyl groups is 1. The third-order valence-electron chi connectivity index (χ3n) is 6.29. The van der Waals surface area contributed by atoms with E-state index in [0.717, 1.165) is 12.8 Å². The lowest BCUT2D eigenvalue weighted by Crippen LogP contribution is -2.63. The van der Waals surface area contributed by atoms with Gasteiger partial charge in [-0.3, -0.25) is 4.40 Å². The Morgan fingerprint density at radius 2 is 2.06 bits per heavy atom. The molecule has 1 atom stereocenters. The van der Waals surface area contributed by atoms with Crippen molar-refractivity contribution in [2.45, 2.75) is 62.1 Å². The highest BCUT2D eigenvalue weighted by molar-refractivity contribution is 7.89. The molecule has 1 saturated heterocycles. The van der Waals surface area contributed by atoms with Crippen molar-refractivity contribution >= 4 is 32.6 Å². The predicted molar refractivity (Wildman–Crippen MR) is 127 cm³/mol. The maximum atomic E-state index is 13.3. The Kier molecular flexibility index (Phi) is 5.87. The van der Waals surface area contributed by atoms with E-state index in [2.05, 4.69) is 25.2 Å². The number of nitrogens with zero attached hydrogens (tertiary/aromatic N) is 5. The summed E-state index contributed by atoms with van der Waals surface area (Å²) in [5, 5.41) is 20.4. The topological polar surface area (TPSA) is 125 Å². The van der Waals surface area contributed by atoms with Crippen LogP contribution >= 0.6 is 11.3 Å². The molecule has 1 unspecified atom stereocenters. The molecule has 1 saturated carbocycles. The van der Waals surface area contributed by atoms with Crippen LogP contribution < -0.4 is 14.9 Å². The fraction of sp³-hybridized carbons (Fsp3) is 0.571. The van der Waals surface area contributed by atoms with E-state index in [4.69, 9.17) is 0 Å². The van der Waals surface area contributed by atoms with Gasteiger partial charge in [0.25, 0.3) is 6.43 Å². The molecule has 190 valence electrons. The van der Waals surface area contributed by atoms with E-state index in [0.29, 0.717) is 35.6 Å². The molecule has 4 heterocycles. The van der Waals surface area contributed by atoms with Crippen LogP contribution in [0, 0.1) is 0 Å². The standard InChI is InChI=1S/C21H27F2N7O3S2/c1-20(2)11-29(8-12(10-31)25-20)14-6-13(35(32,33)28-21(3)4-5-21)9-30-15(14)7-24-17(30)19-27-26-18(34-19)16(22)23/h6-7,9,12,16,25,28,31H,4-5,8,10-11H2,1-3H3. The van der Waals surface area contributed by atoms with E-state index in [-0.39, 0.29) is 33.9 Å². The zero-order valence-electron chi connectivity index (χ0n) is 19.5. The molecule has 10 nitrogen and oxygen atoms in total. The SMILES string of the molecule is CC1(C)CN(c2cc(S(=O)(=O)NC3(C)CC3)cn3c(-c4nnc(C(F)F)s4)ncc23)CC(CO)N1. The lowest BCUT2D eigenvalue weighted by atomic mass is 9.98. The molecule has 0 radical (unpaired) electrons. The Labute approximate surface area is 205 Å². The summed E-state index contributed by atoms with van der Waals surface area (Å²) in [4.78, 5) is 6.44. The Bertz CT molecular complexity index is 1370. The molecule has 0 aromatic carbocycles. The van der Waals surface area contributed by atoms with Gasteiger partial charge in [0.15, 0.2) is 15.8 Å². The summed E-state index contributed by atoms with van der Waals surface area (Å²) >= 11 is 0.715. The van der Waals surface area contributed by atoms with Gasteiger partial charge in [-0.25, -0.2) is 26.9 Å². The molecule has 0 spiro atoms. The number of imidazole rings is 1. The van der Waals surface area contributed by atoms with Crippen molar-refractivity contribution in [3.05, 3.63) is 23.5 Å². The van der Waals surface area contributed by atoms with Gasteiger partial charge in [0, 0.05) is 36.4 Å². The molecule has 1 aliphatic heterocycles. The molecule has 3 aromatic heterocycles. The van der Waals surface area contributed by atoms with Gasteiger partial charge in [-0.05, 0) is 39.7 Å². The number of fused-ring (bicyclic) bond motifs is 1. The second-order valence-electron chi connectivity index (χ2n) is 10.1. The van der Waals surface area contributed by atoms with Crippen molar-refractivity contribution in [3.63, 3.8) is 0 Å². The quantitative estimate of drug-likeness (QED) is 0.427. The number of hydrogen-bond acceptors (Lipinski definition) is 9. The van der Waals surface area contributed by atoms with E-state index >= 15 is 0 Å². The third-order valence-corrected chi connectivity index (χ3v) is 8.82. The molecule has 0 bridgehead atoms. The first-order valence-electron chi connectivity index (χ1n) is 11.2. The summed E-state index contributed by atoms with van der Waals surface area (Å²) in [6.07, 6.45) is 1.76. The molecule has 2 fully saturated rings. The van der Waals surface area contributed by atoms with Crippen LogP contribution in [0.1, 0.15) is 45.0 Å². The van der Waals surface area contributed by atoms with E-state index in [1.165, 1.54) is 6.20 Å². The second kappa shape index (κ2) is 8.40. The highest BCUT2D eigenvalue weighted by atomic mass is 32.2. The number of sulfonamides is 1. The van der Waals surface area contributed by atoms with E-state index in [9.17, 15) is 22.3 Å². The lowest BCUT2D eigenvalue weighted by Gasteiger charge is -2.44. The van der Waals surface area contributed by atoms with Gasteiger partial charge < -0.3 is 15.3 Å². The fourth-order valence-corrected chi connectivity index (χ4v) is 6.61. The summed E-state index contributed by atoms with van der Waals surface area (Å²) in [6.45, 7) is 6.76. The fourth-order valence-electron chi connectivity index (χ4n) is 4.44. The maximum absolute atomic E-state index is 13.3. The minimum absolute atomic E-state index is 0.0304. The van der Waals surface area contributed by atoms with Crippen LogP contribution in [0.15, 0.2) is 23.4 Å². The van der Waals surface area contributed by atoms with E-state index in [1.54, 1.807) is 16.7 Å². The molecule has 14 heteroatoms. The number of halogens is 2. The Hall–Kier alpha value is -2.26. The van der Waals surface area contributed by atoms with E-state index < -0.39 is 27.0 Å². The minimum atomic E-state index is -3.88. The summed E-state index contributed by atoms with van der Waals surface area (Å²) in [5.74, 6) is 0.230. The highest BCUT2D eigenvalue weighted by Crippen LogP contribution is 2.38. The van der Waals surface area contributed by atoms with Crippen molar-refractivity contribution in [3.8, 4) is 10.8 Å². The van der Waals surface area contributed by atoms with Gasteiger partial charge in [0.05, 0.1) is 24.0 Å². The smallest absolute Gasteiger partial charge is 0.291 e. The van der Waals surface area contributed by atoms with Crippen LogP contribution in [0.5, 0.6) is 0 Å². The summed E-state index contributed by atoms with van der Waals surface area (Å²) < 4.78 is 57.3. The van der Waals surface area contributed by atoms with Gasteiger partial charge in [-0.15, -0.1) is 10.2 Å². The summed E-state index contributed by atoms with van der Waals surface area (Å²) in [5.41, 5.74) is 0.376. The predicted octanol–water partition coefficient (Wildman–Crippen LogP) is 2.17. The van der Waals surface area contributed by atoms with Crippen LogP contribution in [0.3, 0.4) is 0 Å². The first-order valence-corrected chi connectivity index (χ1v) is 13.5. The van der Waals surface area contributed by atoms with Crippen LogP contribution in [0.25, 0.3) is 16.3 Å². The molecular formula is C21H27F2N7O3S2. The van der Waals surface area contributed by atoms with Crippen molar-refractivity contribution < 1.29 is 22.3 Å². The van der Waals surface area contributed by atoms with Gasteiger partial charge in [-0.2, -0.15) is 0 Å². The Morgan fingerprint density at radius 1 is 1.31 bits per heavy atom. The lowest BCUT2D eigenvalue weighted by molar-refractivity contribution is 0.150. The Balaban J connectivity index is 1.67. The molecule has 0 amide bonds. The summed E-state index contributed by atoms with van der Waals surface area (Å²) in [6, 6.07) is 1.39. The Morgan fingerprint density at radius 3 is 2.69 bits per heavy atom. The number of aromatic nitrogens is 4. The normalized spacial score (nSPS) is 21.7. The minimum Gasteiger partial charge on any atom is -0.395 e. The van der Waals surface area contributed by atoms with Crippen molar-refractivity contribution in [1.82, 2.24) is 29.6 Å². The average molecular weight is 528 g/mol. The second-order valence-corrected chi connectivity index (χ2v) is 12.8. The van der Waals surface area contributed by atoms with Crippen LogP contribution in [-0.2, 0) is 10.0 Å². The molecular weight excluding hydrogens is 500 g/mol. The molecule has 35 heavy (non-hydrogen) atoms. The monoisotopic (exact) mass is 527 g/mol. The number of rotatable bonds is 7. The zero-order chi connectivity index (χ0) is 25.2. The largest absolute Gasteiger partial charge is 0.395 e. The first-order chi connectivity index (χ1) is 16.4. The van der Waals surface area contributed by atoms with Gasteiger partial charge in [-0.1, -0.05) is 11.3 Å². The van der Waals surface area contributed by atoms with Crippen molar-refractivity contribution in [2.75, 3.05) is 24.6 Å². The molecule has 3 N–H and O–H groups in total. The maximum Gasteiger partial charge on any atom is 0.291 e. The summed E-state index contributed by atoms with van der Waals surface area (Å²) in [7, 11) is -3.88. The number of aliphatic hydroxyl groups excluding tert-OH is 1. The number of anilines is 1. The number of pyridine rings is 1. The van der Waals surface area contributed by atoms with Crippen LogP contribution in [0.4, 0.5) is 14.5 Å². The van der Waals surface area contributed by atoms with Gasteiger partial charge >= 0.3 is 0 Å². The average Bonchev–Trinajstić information content (AvgIpc) is 3.17. The molecule has 1 aliphatic carbocycles. The number of piperazine rings is 1. The van der Waals surface area contributed by atoms with E-state index in [1.807, 2.05) is 25.7 Å². The first kappa shape index (κ1) is 24.4.